The SMILES string of the molecule is O=C1S/C(=C\c2ccc(-c3ccccc3Cl)o2)C(=O)N1Cc1ccc(Br)cc1. The number of benzene rings is 2. The third-order valence-corrected chi connectivity index (χ3v) is 5.93. The largest absolute Gasteiger partial charge is 0.457 e. The Morgan fingerprint density at radius 2 is 1.79 bits per heavy atom. The van der Waals surface area contributed by atoms with E-state index < -0.39 is 0 Å². The van der Waals surface area contributed by atoms with Gasteiger partial charge < -0.3 is 4.42 Å². The molecular weight excluding hydrogens is 462 g/mol. The van der Waals surface area contributed by atoms with Crippen molar-refractivity contribution in [1.82, 2.24) is 4.90 Å². The number of imide groups is 1. The van der Waals surface area contributed by atoms with Crippen molar-refractivity contribution in [3.63, 3.8) is 0 Å². The van der Waals surface area contributed by atoms with E-state index in [1.807, 2.05) is 42.5 Å². The molecule has 0 radical (unpaired) electrons. The van der Waals surface area contributed by atoms with Crippen LogP contribution in [-0.4, -0.2) is 16.0 Å². The summed E-state index contributed by atoms with van der Waals surface area (Å²) < 4.78 is 6.74. The summed E-state index contributed by atoms with van der Waals surface area (Å²) in [6.45, 7) is 0.234. The molecule has 0 spiro atoms. The maximum atomic E-state index is 12.7. The molecule has 28 heavy (non-hydrogen) atoms. The summed E-state index contributed by atoms with van der Waals surface area (Å²) in [4.78, 5) is 26.5. The van der Waals surface area contributed by atoms with E-state index in [1.54, 1.807) is 24.3 Å². The highest BCUT2D eigenvalue weighted by atomic mass is 79.9. The zero-order chi connectivity index (χ0) is 19.7. The first-order chi connectivity index (χ1) is 13.5. The van der Waals surface area contributed by atoms with Crippen molar-refractivity contribution in [2.75, 3.05) is 0 Å². The van der Waals surface area contributed by atoms with E-state index in [-0.39, 0.29) is 17.7 Å². The first-order valence-electron chi connectivity index (χ1n) is 8.36. The van der Waals surface area contributed by atoms with Crippen molar-refractivity contribution < 1.29 is 14.0 Å². The van der Waals surface area contributed by atoms with Crippen LogP contribution in [0.3, 0.4) is 0 Å². The van der Waals surface area contributed by atoms with Gasteiger partial charge in [0.2, 0.25) is 0 Å². The minimum atomic E-state index is -0.325. The van der Waals surface area contributed by atoms with Gasteiger partial charge in [-0.2, -0.15) is 0 Å². The minimum absolute atomic E-state index is 0.234. The van der Waals surface area contributed by atoms with Crippen LogP contribution in [0.15, 0.2) is 74.5 Å². The molecule has 4 rings (SSSR count). The molecule has 2 aromatic carbocycles. The van der Waals surface area contributed by atoms with Crippen LogP contribution in [0, 0.1) is 0 Å². The third-order valence-electron chi connectivity index (χ3n) is 4.17. The molecule has 0 saturated carbocycles. The lowest BCUT2D eigenvalue weighted by atomic mass is 10.2. The smallest absolute Gasteiger partial charge is 0.293 e. The van der Waals surface area contributed by atoms with Gasteiger partial charge in [-0.15, -0.1) is 0 Å². The van der Waals surface area contributed by atoms with Crippen LogP contribution in [0.4, 0.5) is 4.79 Å². The number of rotatable bonds is 4. The number of nitrogens with zero attached hydrogens (tertiary/aromatic N) is 1. The lowest BCUT2D eigenvalue weighted by Crippen LogP contribution is -2.27. The number of amides is 2. The molecule has 0 unspecified atom stereocenters. The molecule has 7 heteroatoms. The number of carbonyl (C=O) groups excluding carboxylic acids is 2. The van der Waals surface area contributed by atoms with E-state index in [4.69, 9.17) is 16.0 Å². The summed E-state index contributed by atoms with van der Waals surface area (Å²) in [5.41, 5.74) is 1.65. The van der Waals surface area contributed by atoms with Crippen molar-refractivity contribution in [1.29, 1.82) is 0 Å². The van der Waals surface area contributed by atoms with Gasteiger partial charge >= 0.3 is 0 Å². The highest BCUT2D eigenvalue weighted by molar-refractivity contribution is 9.10. The van der Waals surface area contributed by atoms with Crippen molar-refractivity contribution >= 4 is 56.5 Å². The summed E-state index contributed by atoms with van der Waals surface area (Å²) in [6, 6.07) is 18.4. The van der Waals surface area contributed by atoms with Crippen LogP contribution in [-0.2, 0) is 11.3 Å². The summed E-state index contributed by atoms with van der Waals surface area (Å²) in [7, 11) is 0. The molecule has 140 valence electrons. The van der Waals surface area contributed by atoms with Crippen LogP contribution in [0.25, 0.3) is 17.4 Å². The maximum absolute atomic E-state index is 12.7. The standard InChI is InChI=1S/C21H13BrClNO3S/c22-14-7-5-13(6-8-14)12-24-20(25)19(28-21(24)26)11-15-9-10-18(27-15)16-3-1-2-4-17(16)23/h1-11H,12H2/b19-11-. The molecule has 1 aromatic heterocycles. The van der Waals surface area contributed by atoms with Crippen molar-refractivity contribution in [3.05, 3.63) is 86.4 Å². The van der Waals surface area contributed by atoms with Gasteiger partial charge in [0, 0.05) is 16.1 Å². The average Bonchev–Trinajstić information content (AvgIpc) is 3.24. The second-order valence-electron chi connectivity index (χ2n) is 6.08. The molecule has 1 fully saturated rings. The zero-order valence-corrected chi connectivity index (χ0v) is 17.6. The normalized spacial score (nSPS) is 15.6. The summed E-state index contributed by atoms with van der Waals surface area (Å²) in [5.74, 6) is 0.767. The molecule has 2 heterocycles. The van der Waals surface area contributed by atoms with E-state index in [9.17, 15) is 9.59 Å². The highest BCUT2D eigenvalue weighted by Crippen LogP contribution is 2.35. The number of furan rings is 1. The van der Waals surface area contributed by atoms with Crippen molar-refractivity contribution in [2.45, 2.75) is 6.54 Å². The second-order valence-corrected chi connectivity index (χ2v) is 8.39. The average molecular weight is 475 g/mol. The minimum Gasteiger partial charge on any atom is -0.457 e. The molecule has 0 aliphatic carbocycles. The Kier molecular flexibility index (Phi) is 5.44. The molecule has 1 aliphatic heterocycles. The van der Waals surface area contributed by atoms with E-state index in [1.165, 1.54) is 4.90 Å². The molecule has 4 nitrogen and oxygen atoms in total. The Morgan fingerprint density at radius 1 is 1.04 bits per heavy atom. The van der Waals surface area contributed by atoms with Crippen LogP contribution in [0.5, 0.6) is 0 Å². The van der Waals surface area contributed by atoms with Gasteiger partial charge in [-0.3, -0.25) is 14.5 Å². The van der Waals surface area contributed by atoms with E-state index in [0.29, 0.717) is 21.4 Å². The Labute approximate surface area is 179 Å². The summed E-state index contributed by atoms with van der Waals surface area (Å²) >= 11 is 10.5. The van der Waals surface area contributed by atoms with Crippen LogP contribution >= 0.6 is 39.3 Å². The third kappa shape index (κ3) is 3.94. The lowest BCUT2D eigenvalue weighted by Gasteiger charge is -2.12. The van der Waals surface area contributed by atoms with E-state index >= 15 is 0 Å². The first kappa shape index (κ1) is 19.1. The van der Waals surface area contributed by atoms with Gasteiger partial charge in [-0.05, 0) is 53.7 Å². The fraction of sp³-hybridized carbons (Fsp3) is 0.0476. The molecule has 1 aliphatic rings. The van der Waals surface area contributed by atoms with Crippen molar-refractivity contribution in [2.24, 2.45) is 0 Å². The van der Waals surface area contributed by atoms with Gasteiger partial charge in [-0.25, -0.2) is 0 Å². The van der Waals surface area contributed by atoms with Gasteiger partial charge in [0.25, 0.3) is 11.1 Å². The van der Waals surface area contributed by atoms with Crippen LogP contribution < -0.4 is 0 Å². The fourth-order valence-electron chi connectivity index (χ4n) is 2.77. The van der Waals surface area contributed by atoms with Gasteiger partial charge in [0.1, 0.15) is 11.5 Å². The van der Waals surface area contributed by atoms with Crippen molar-refractivity contribution in [3.8, 4) is 11.3 Å². The molecule has 1 saturated heterocycles. The summed E-state index contributed by atoms with van der Waals surface area (Å²) in [5, 5.41) is 0.287. The Bertz CT molecular complexity index is 1090. The molecule has 0 N–H and O–H groups in total. The number of hydrogen-bond acceptors (Lipinski definition) is 4. The van der Waals surface area contributed by atoms with Gasteiger partial charge in [0.15, 0.2) is 0 Å². The molecular formula is C21H13BrClNO3S. The summed E-state index contributed by atoms with van der Waals surface area (Å²) in [6.07, 6.45) is 1.59. The lowest BCUT2D eigenvalue weighted by molar-refractivity contribution is -0.123. The monoisotopic (exact) mass is 473 g/mol. The topological polar surface area (TPSA) is 50.5 Å². The van der Waals surface area contributed by atoms with Crippen LogP contribution in [0.2, 0.25) is 5.02 Å². The van der Waals surface area contributed by atoms with E-state index in [2.05, 4.69) is 15.9 Å². The molecule has 0 bridgehead atoms. The Balaban J connectivity index is 1.54. The number of thioether (sulfide) groups is 1. The molecule has 0 atom stereocenters. The Hall–Kier alpha value is -2.28. The maximum Gasteiger partial charge on any atom is 0.293 e. The zero-order valence-electron chi connectivity index (χ0n) is 14.4. The number of carbonyl (C=O) groups is 2. The Morgan fingerprint density at radius 3 is 2.54 bits per heavy atom. The molecule has 3 aromatic rings. The van der Waals surface area contributed by atoms with Gasteiger partial charge in [0.05, 0.1) is 16.5 Å². The van der Waals surface area contributed by atoms with Crippen LogP contribution in [0.1, 0.15) is 11.3 Å². The number of hydrogen-bond donors (Lipinski definition) is 0. The van der Waals surface area contributed by atoms with Gasteiger partial charge in [-0.1, -0.05) is 51.8 Å². The van der Waals surface area contributed by atoms with E-state index in [0.717, 1.165) is 27.4 Å². The highest BCUT2D eigenvalue weighted by Gasteiger charge is 2.35. The number of halogens is 2. The quantitative estimate of drug-likeness (QED) is 0.400. The fourth-order valence-corrected chi connectivity index (χ4v) is 4.09. The predicted molar refractivity (Wildman–Crippen MR) is 115 cm³/mol. The molecule has 2 amide bonds. The second kappa shape index (κ2) is 7.99. The predicted octanol–water partition coefficient (Wildman–Crippen LogP) is 6.60. The first-order valence-corrected chi connectivity index (χ1v) is 10.3.